The van der Waals surface area contributed by atoms with Crippen LogP contribution in [0.1, 0.15) is 102 Å². The first-order valence-electron chi connectivity index (χ1n) is 19.8. The molecular formula is C40H70O15. The summed E-state index contributed by atoms with van der Waals surface area (Å²) in [5.74, 6) is -6.92. The van der Waals surface area contributed by atoms with Crippen molar-refractivity contribution in [3.63, 3.8) is 0 Å². The molecule has 4 N–H and O–H groups in total. The highest BCUT2D eigenvalue weighted by atomic mass is 16.7. The normalized spacial score (nSPS) is 46.6. The van der Waals surface area contributed by atoms with Crippen molar-refractivity contribution in [2.24, 2.45) is 35.5 Å². The molecule has 0 aliphatic carbocycles. The third-order valence-corrected chi connectivity index (χ3v) is 12.5. The minimum atomic E-state index is -1.97. The number of rotatable bonds is 9. The van der Waals surface area contributed by atoms with Crippen LogP contribution in [-0.2, 0) is 52.3 Å². The van der Waals surface area contributed by atoms with Crippen molar-refractivity contribution in [1.82, 2.24) is 0 Å². The standard InChI is InChI=1S/C40H70O15/c1-18-16-39(11,47)35(44)23(6)33(52-27(10)42)22(5)32(20(3)25(8)41)54-37(46)24(7)34(53-29-17-40(12,49-14)36(45)26(9)51-29)21(4)31(18)55-38-30(43)28(48-13)15-19(2)50-38/h18-26,28-34,36,38,41,43,45,47H,15-17H2,1-14H3/t18-,19+,20-,21+,22-,23+,24+,25-,26-,28-,29-,30+,31?,32+,33-,34-,36+,38-,39-,40+/m0/s1. The molecule has 3 rings (SSSR count). The van der Waals surface area contributed by atoms with Crippen LogP contribution in [-0.4, -0.2) is 137 Å². The molecule has 0 amide bonds. The first-order valence-corrected chi connectivity index (χ1v) is 19.8. The third-order valence-electron chi connectivity index (χ3n) is 12.5. The van der Waals surface area contributed by atoms with E-state index in [1.54, 1.807) is 62.3 Å². The van der Waals surface area contributed by atoms with Crippen LogP contribution >= 0.6 is 0 Å². The van der Waals surface area contributed by atoms with Crippen molar-refractivity contribution < 1.29 is 72.7 Å². The summed E-state index contributed by atoms with van der Waals surface area (Å²) >= 11 is 0. The van der Waals surface area contributed by atoms with E-state index in [0.717, 1.165) is 0 Å². The second-order valence-electron chi connectivity index (χ2n) is 17.1. The lowest BCUT2D eigenvalue weighted by atomic mass is 9.74. The van der Waals surface area contributed by atoms with Crippen LogP contribution in [0.4, 0.5) is 0 Å². The predicted octanol–water partition coefficient (Wildman–Crippen LogP) is 2.93. The Morgan fingerprint density at radius 2 is 1.49 bits per heavy atom. The molecule has 3 saturated heterocycles. The van der Waals surface area contributed by atoms with Crippen molar-refractivity contribution in [3.8, 4) is 0 Å². The van der Waals surface area contributed by atoms with Crippen molar-refractivity contribution in [2.45, 2.75) is 187 Å². The van der Waals surface area contributed by atoms with Crippen LogP contribution in [0.5, 0.6) is 0 Å². The van der Waals surface area contributed by atoms with Gasteiger partial charge in [0.2, 0.25) is 0 Å². The molecular weight excluding hydrogens is 720 g/mol. The monoisotopic (exact) mass is 790 g/mol. The van der Waals surface area contributed by atoms with Gasteiger partial charge in [-0.1, -0.05) is 34.6 Å². The van der Waals surface area contributed by atoms with E-state index in [1.807, 2.05) is 6.92 Å². The molecule has 15 nitrogen and oxygen atoms in total. The third kappa shape index (κ3) is 11.0. The Bertz CT molecular complexity index is 1280. The molecule has 0 spiro atoms. The summed E-state index contributed by atoms with van der Waals surface area (Å²) in [6.45, 7) is 19.6. The molecule has 0 radical (unpaired) electrons. The van der Waals surface area contributed by atoms with E-state index < -0.39 is 132 Å². The number of Topliss-reactive ketones (excluding diaryl/α,β-unsaturated/α-hetero) is 1. The molecule has 0 aromatic rings. The van der Waals surface area contributed by atoms with Gasteiger partial charge in [-0.2, -0.15) is 0 Å². The minimum Gasteiger partial charge on any atom is -0.461 e. The average Bonchev–Trinajstić information content (AvgIpc) is 3.11. The van der Waals surface area contributed by atoms with Crippen LogP contribution in [0.2, 0.25) is 0 Å². The zero-order valence-corrected chi connectivity index (χ0v) is 35.3. The number of carbonyl (C=O) groups excluding carboxylic acids is 3. The zero-order chi connectivity index (χ0) is 41.9. The Kier molecular flexibility index (Phi) is 16.7. The number of hydrogen-bond acceptors (Lipinski definition) is 15. The van der Waals surface area contributed by atoms with E-state index >= 15 is 0 Å². The zero-order valence-electron chi connectivity index (χ0n) is 35.3. The molecule has 0 saturated carbocycles. The van der Waals surface area contributed by atoms with Crippen molar-refractivity contribution >= 4 is 17.7 Å². The van der Waals surface area contributed by atoms with Crippen molar-refractivity contribution in [1.29, 1.82) is 0 Å². The summed E-state index contributed by atoms with van der Waals surface area (Å²) in [5.41, 5.74) is -3.03. The molecule has 20 atom stereocenters. The predicted molar refractivity (Wildman–Crippen MR) is 198 cm³/mol. The highest BCUT2D eigenvalue weighted by Crippen LogP contribution is 2.40. The summed E-state index contributed by atoms with van der Waals surface area (Å²) in [7, 11) is 2.97. The second kappa shape index (κ2) is 19.3. The molecule has 15 heteroatoms. The first-order chi connectivity index (χ1) is 25.4. The topological polar surface area (TPSA) is 206 Å². The molecule has 320 valence electrons. The van der Waals surface area contributed by atoms with E-state index in [9.17, 15) is 34.8 Å². The van der Waals surface area contributed by atoms with Crippen LogP contribution in [0.3, 0.4) is 0 Å². The van der Waals surface area contributed by atoms with E-state index in [1.165, 1.54) is 28.1 Å². The van der Waals surface area contributed by atoms with Crippen LogP contribution in [0.15, 0.2) is 0 Å². The lowest BCUT2D eigenvalue weighted by molar-refractivity contribution is -0.312. The smallest absolute Gasteiger partial charge is 0.311 e. The number of cyclic esters (lactones) is 1. The maximum atomic E-state index is 14.5. The number of aliphatic hydroxyl groups is 4. The van der Waals surface area contributed by atoms with E-state index in [0.29, 0.717) is 6.42 Å². The van der Waals surface area contributed by atoms with Crippen LogP contribution in [0, 0.1) is 35.5 Å². The Hall–Kier alpha value is -1.79. The summed E-state index contributed by atoms with van der Waals surface area (Å²) in [6, 6.07) is 0. The summed E-state index contributed by atoms with van der Waals surface area (Å²) in [6.07, 6.45) is -10.8. The summed E-state index contributed by atoms with van der Waals surface area (Å²) < 4.78 is 48.9. The fourth-order valence-electron chi connectivity index (χ4n) is 8.81. The van der Waals surface area contributed by atoms with Gasteiger partial charge in [-0.3, -0.25) is 14.4 Å². The van der Waals surface area contributed by atoms with Gasteiger partial charge in [0.1, 0.15) is 30.0 Å². The molecule has 3 aliphatic heterocycles. The van der Waals surface area contributed by atoms with Gasteiger partial charge in [-0.15, -0.1) is 0 Å². The van der Waals surface area contributed by atoms with Crippen molar-refractivity contribution in [3.05, 3.63) is 0 Å². The number of esters is 2. The molecule has 0 aromatic heterocycles. The molecule has 3 fully saturated rings. The summed E-state index contributed by atoms with van der Waals surface area (Å²) in [5, 5.41) is 45.0. The summed E-state index contributed by atoms with van der Waals surface area (Å²) in [4.78, 5) is 41.2. The van der Waals surface area contributed by atoms with Gasteiger partial charge >= 0.3 is 11.9 Å². The van der Waals surface area contributed by atoms with Gasteiger partial charge in [0.05, 0.1) is 54.1 Å². The lowest BCUT2D eigenvalue weighted by Crippen LogP contribution is -2.58. The van der Waals surface area contributed by atoms with Gasteiger partial charge in [0, 0.05) is 51.7 Å². The minimum absolute atomic E-state index is 0.0996. The first kappa shape index (κ1) is 47.6. The molecule has 55 heavy (non-hydrogen) atoms. The Balaban J connectivity index is 2.24. The Morgan fingerprint density at radius 1 is 0.873 bits per heavy atom. The maximum absolute atomic E-state index is 14.5. The molecule has 1 unspecified atom stereocenters. The number of ketones is 1. The fraction of sp³-hybridized carbons (Fsp3) is 0.925. The highest BCUT2D eigenvalue weighted by molar-refractivity contribution is 5.89. The number of methoxy groups -OCH3 is 2. The van der Waals surface area contributed by atoms with Gasteiger partial charge in [-0.25, -0.2) is 0 Å². The van der Waals surface area contributed by atoms with E-state index in [4.69, 9.17) is 37.9 Å². The van der Waals surface area contributed by atoms with Crippen LogP contribution < -0.4 is 0 Å². The van der Waals surface area contributed by atoms with Gasteiger partial charge < -0.3 is 58.3 Å². The number of aliphatic hydroxyl groups excluding tert-OH is 3. The van der Waals surface area contributed by atoms with Crippen molar-refractivity contribution in [2.75, 3.05) is 14.2 Å². The Morgan fingerprint density at radius 3 is 2.04 bits per heavy atom. The fourth-order valence-corrected chi connectivity index (χ4v) is 8.81. The van der Waals surface area contributed by atoms with Crippen LogP contribution in [0.25, 0.3) is 0 Å². The van der Waals surface area contributed by atoms with E-state index in [-0.39, 0.29) is 18.9 Å². The van der Waals surface area contributed by atoms with Gasteiger partial charge in [0.15, 0.2) is 18.4 Å². The largest absolute Gasteiger partial charge is 0.461 e. The quantitative estimate of drug-likeness (QED) is 0.248. The Labute approximate surface area is 327 Å². The number of hydrogen-bond donors (Lipinski definition) is 4. The molecule has 0 aromatic carbocycles. The van der Waals surface area contributed by atoms with E-state index in [2.05, 4.69) is 0 Å². The SMILES string of the molecule is CO[C@H]1C[C@@H](C)O[C@@H](OC2[C@@H](C)[C@H](O[C@H]3C[C@@](C)(OC)[C@H](O)[C@H](C)O3)[C@@H](C)C(=O)O[C@H]([C@@H](C)[C@H](C)O)[C@H](C)[C@H](OC(C)=O)[C@@H](C)C(=O)[C@@](C)(O)C[C@@H]2C)[C@@H]1O. The number of carbonyl (C=O) groups is 3. The molecule has 3 heterocycles. The maximum Gasteiger partial charge on any atom is 0.311 e. The highest BCUT2D eigenvalue weighted by Gasteiger charge is 2.52. The van der Waals surface area contributed by atoms with Gasteiger partial charge in [-0.05, 0) is 53.9 Å². The average molecular weight is 791 g/mol. The molecule has 3 aliphatic rings. The number of ether oxygens (including phenoxy) is 8. The molecule has 0 bridgehead atoms. The lowest BCUT2D eigenvalue weighted by Gasteiger charge is -2.47. The van der Waals surface area contributed by atoms with Gasteiger partial charge in [0.25, 0.3) is 0 Å². The second-order valence-corrected chi connectivity index (χ2v) is 17.1.